The van der Waals surface area contributed by atoms with Crippen molar-refractivity contribution in [1.82, 2.24) is 4.31 Å². The third kappa shape index (κ3) is 2.80. The normalized spacial score (nSPS) is 25.5. The van der Waals surface area contributed by atoms with Crippen molar-refractivity contribution in [2.24, 2.45) is 5.92 Å². The number of aryl methyl sites for hydroxylation is 1. The number of benzene rings is 1. The third-order valence-electron chi connectivity index (χ3n) is 3.64. The van der Waals surface area contributed by atoms with Gasteiger partial charge in [-0.1, -0.05) is 6.92 Å². The second-order valence-electron chi connectivity index (χ2n) is 5.11. The van der Waals surface area contributed by atoms with Crippen molar-refractivity contribution in [2.45, 2.75) is 31.3 Å². The van der Waals surface area contributed by atoms with Gasteiger partial charge >= 0.3 is 0 Å². The Bertz CT molecular complexity index is 573. The molecule has 1 aliphatic heterocycles. The lowest BCUT2D eigenvalue weighted by atomic mass is 9.98. The summed E-state index contributed by atoms with van der Waals surface area (Å²) in [4.78, 5) is 0.107. The quantitative estimate of drug-likeness (QED) is 0.897. The first kappa shape index (κ1) is 14.4. The minimum Gasteiger partial charge on any atom is -0.391 e. The Morgan fingerprint density at radius 3 is 2.68 bits per heavy atom. The first-order valence-corrected chi connectivity index (χ1v) is 7.70. The zero-order chi connectivity index (χ0) is 14.2. The van der Waals surface area contributed by atoms with Crippen molar-refractivity contribution in [3.63, 3.8) is 0 Å². The van der Waals surface area contributed by atoms with Crippen LogP contribution in [0.15, 0.2) is 23.1 Å². The summed E-state index contributed by atoms with van der Waals surface area (Å²) in [5, 5.41) is 9.81. The van der Waals surface area contributed by atoms with Crippen LogP contribution in [0.5, 0.6) is 0 Å². The van der Waals surface area contributed by atoms with E-state index in [1.165, 1.54) is 16.4 Å². The van der Waals surface area contributed by atoms with Crippen LogP contribution in [0, 0.1) is 18.7 Å². The van der Waals surface area contributed by atoms with E-state index in [1.807, 2.05) is 6.92 Å². The number of halogens is 1. The average molecular weight is 287 g/mol. The van der Waals surface area contributed by atoms with Crippen molar-refractivity contribution in [3.05, 3.63) is 29.6 Å². The molecule has 1 saturated heterocycles. The Balaban J connectivity index is 2.32. The summed E-state index contributed by atoms with van der Waals surface area (Å²) in [7, 11) is -3.66. The molecule has 1 N–H and O–H groups in total. The molecule has 0 spiro atoms. The number of piperidine rings is 1. The Kier molecular flexibility index (Phi) is 3.94. The molecular formula is C13H18FNO3S. The van der Waals surface area contributed by atoms with E-state index >= 15 is 0 Å². The summed E-state index contributed by atoms with van der Waals surface area (Å²) in [6.07, 6.45) is -0.0232. The smallest absolute Gasteiger partial charge is 0.243 e. The summed E-state index contributed by atoms with van der Waals surface area (Å²) in [5.74, 6) is -0.357. The third-order valence-corrected chi connectivity index (χ3v) is 5.66. The maximum Gasteiger partial charge on any atom is 0.243 e. The van der Waals surface area contributed by atoms with Gasteiger partial charge in [-0.15, -0.1) is 0 Å². The van der Waals surface area contributed by atoms with Gasteiger partial charge in [-0.25, -0.2) is 12.8 Å². The molecule has 2 unspecified atom stereocenters. The Labute approximate surface area is 112 Å². The molecule has 2 rings (SSSR count). The van der Waals surface area contributed by atoms with Gasteiger partial charge in [0.15, 0.2) is 0 Å². The predicted molar refractivity (Wildman–Crippen MR) is 69.7 cm³/mol. The highest BCUT2D eigenvalue weighted by atomic mass is 32.2. The van der Waals surface area contributed by atoms with Gasteiger partial charge in [-0.05, 0) is 43.0 Å². The topological polar surface area (TPSA) is 57.6 Å². The van der Waals surface area contributed by atoms with E-state index in [-0.39, 0.29) is 17.4 Å². The highest BCUT2D eigenvalue weighted by molar-refractivity contribution is 7.89. The number of hydrogen-bond acceptors (Lipinski definition) is 3. The first-order valence-electron chi connectivity index (χ1n) is 6.26. The number of aliphatic hydroxyl groups excluding tert-OH is 1. The van der Waals surface area contributed by atoms with E-state index in [0.29, 0.717) is 18.5 Å². The molecule has 106 valence electrons. The molecule has 6 heteroatoms. The summed E-state index contributed by atoms with van der Waals surface area (Å²) in [5.41, 5.74) is 0.383. The van der Waals surface area contributed by atoms with Crippen LogP contribution in [0.2, 0.25) is 0 Å². The molecule has 1 aliphatic rings. The maximum absolute atomic E-state index is 13.0. The van der Waals surface area contributed by atoms with E-state index in [9.17, 15) is 17.9 Å². The lowest BCUT2D eigenvalue weighted by Crippen LogP contribution is -2.45. The van der Waals surface area contributed by atoms with Gasteiger partial charge in [0.2, 0.25) is 10.0 Å². The number of aliphatic hydroxyl groups is 1. The number of hydrogen-bond donors (Lipinski definition) is 1. The van der Waals surface area contributed by atoms with Crippen molar-refractivity contribution < 1.29 is 17.9 Å². The number of rotatable bonds is 2. The average Bonchev–Trinajstić information content (AvgIpc) is 2.32. The lowest BCUT2D eigenvalue weighted by Gasteiger charge is -2.33. The minimum atomic E-state index is -3.66. The fourth-order valence-corrected chi connectivity index (χ4v) is 3.96. The summed E-state index contributed by atoms with van der Waals surface area (Å²) < 4.78 is 39.2. The molecule has 0 aliphatic carbocycles. The van der Waals surface area contributed by atoms with Gasteiger partial charge in [0, 0.05) is 13.1 Å². The number of β-amino-alcohol motifs (C(OH)–C–C–N with tert-alkyl or cyclic N) is 1. The van der Waals surface area contributed by atoms with Gasteiger partial charge in [-0.3, -0.25) is 0 Å². The van der Waals surface area contributed by atoms with Crippen molar-refractivity contribution >= 4 is 10.0 Å². The Morgan fingerprint density at radius 2 is 2.11 bits per heavy atom. The highest BCUT2D eigenvalue weighted by Gasteiger charge is 2.33. The van der Waals surface area contributed by atoms with Gasteiger partial charge < -0.3 is 5.11 Å². The summed E-state index contributed by atoms with van der Waals surface area (Å²) >= 11 is 0. The van der Waals surface area contributed by atoms with Gasteiger partial charge in [0.05, 0.1) is 11.0 Å². The van der Waals surface area contributed by atoms with Crippen molar-refractivity contribution in [1.29, 1.82) is 0 Å². The van der Waals surface area contributed by atoms with Crippen LogP contribution in [-0.4, -0.2) is 37.0 Å². The standard InChI is InChI=1S/C13H18FNO3S/c1-9-5-6-15(8-12(9)16)19(17,18)13-4-3-11(14)7-10(13)2/h3-4,7,9,12,16H,5-6,8H2,1-2H3. The second kappa shape index (κ2) is 5.19. The molecule has 2 atom stereocenters. The molecule has 1 aromatic carbocycles. The molecule has 0 bridgehead atoms. The van der Waals surface area contributed by atoms with Crippen LogP contribution in [0.1, 0.15) is 18.9 Å². The second-order valence-corrected chi connectivity index (χ2v) is 7.01. The first-order chi connectivity index (χ1) is 8.82. The lowest BCUT2D eigenvalue weighted by molar-refractivity contribution is 0.0605. The molecule has 0 amide bonds. The molecule has 1 aromatic rings. The zero-order valence-electron chi connectivity index (χ0n) is 11.0. The van der Waals surface area contributed by atoms with Gasteiger partial charge in [-0.2, -0.15) is 4.31 Å². The maximum atomic E-state index is 13.0. The van der Waals surface area contributed by atoms with Crippen LogP contribution < -0.4 is 0 Å². The van der Waals surface area contributed by atoms with E-state index in [0.717, 1.165) is 6.07 Å². The molecule has 0 aromatic heterocycles. The molecule has 1 heterocycles. The SMILES string of the molecule is Cc1cc(F)ccc1S(=O)(=O)N1CCC(C)C(O)C1. The molecule has 0 radical (unpaired) electrons. The van der Waals surface area contributed by atoms with Crippen LogP contribution in [0.4, 0.5) is 4.39 Å². The van der Waals surface area contributed by atoms with Crippen LogP contribution in [0.25, 0.3) is 0 Å². The van der Waals surface area contributed by atoms with E-state index in [4.69, 9.17) is 0 Å². The predicted octanol–water partition coefficient (Wildman–Crippen LogP) is 1.53. The largest absolute Gasteiger partial charge is 0.391 e. The summed E-state index contributed by atoms with van der Waals surface area (Å²) in [6, 6.07) is 3.63. The van der Waals surface area contributed by atoms with Crippen LogP contribution in [-0.2, 0) is 10.0 Å². The monoisotopic (exact) mass is 287 g/mol. The van der Waals surface area contributed by atoms with E-state index in [2.05, 4.69) is 0 Å². The zero-order valence-corrected chi connectivity index (χ0v) is 11.8. The Morgan fingerprint density at radius 1 is 1.42 bits per heavy atom. The van der Waals surface area contributed by atoms with Gasteiger partial charge in [0.25, 0.3) is 0 Å². The minimum absolute atomic E-state index is 0.0975. The molecule has 0 saturated carbocycles. The van der Waals surface area contributed by atoms with E-state index in [1.54, 1.807) is 6.92 Å². The fourth-order valence-electron chi connectivity index (χ4n) is 2.28. The molecule has 19 heavy (non-hydrogen) atoms. The molecule has 1 fully saturated rings. The molecular weight excluding hydrogens is 269 g/mol. The van der Waals surface area contributed by atoms with Gasteiger partial charge in [0.1, 0.15) is 5.82 Å². The number of nitrogens with zero attached hydrogens (tertiary/aromatic N) is 1. The van der Waals surface area contributed by atoms with Crippen molar-refractivity contribution in [2.75, 3.05) is 13.1 Å². The van der Waals surface area contributed by atoms with E-state index < -0.39 is 21.9 Å². The molecule has 4 nitrogen and oxygen atoms in total. The van der Waals surface area contributed by atoms with Crippen molar-refractivity contribution in [3.8, 4) is 0 Å². The Hall–Kier alpha value is -0.980. The fraction of sp³-hybridized carbons (Fsp3) is 0.538. The summed E-state index contributed by atoms with van der Waals surface area (Å²) in [6.45, 7) is 3.95. The van der Waals surface area contributed by atoms with Crippen LogP contribution in [0.3, 0.4) is 0 Å². The highest BCUT2D eigenvalue weighted by Crippen LogP contribution is 2.25. The number of sulfonamides is 1. The van der Waals surface area contributed by atoms with Crippen LogP contribution >= 0.6 is 0 Å².